The van der Waals surface area contributed by atoms with Crippen molar-refractivity contribution in [1.82, 2.24) is 15.1 Å². The predicted octanol–water partition coefficient (Wildman–Crippen LogP) is 0.0182. The van der Waals surface area contributed by atoms with E-state index in [1.807, 2.05) is 0 Å². The van der Waals surface area contributed by atoms with Crippen molar-refractivity contribution in [2.75, 3.05) is 7.11 Å². The standard InChI is InChI=1S/C14H16N4O7S/c1-9-7-8-17(25-2)14(18(9)22)15-13(21)16-26(23,24)11-6-4-3-5-10(11)12(19)20/h3-8,14H,1-2H3,(H,19,20)(H2,15,16,21). The number of carbonyl (C=O) groups is 2. The molecule has 2 rings (SSSR count). The van der Waals surface area contributed by atoms with E-state index in [9.17, 15) is 23.2 Å². The van der Waals surface area contributed by atoms with Crippen molar-refractivity contribution in [3.05, 3.63) is 47.3 Å². The number of amides is 2. The highest BCUT2D eigenvalue weighted by molar-refractivity contribution is 7.90. The summed E-state index contributed by atoms with van der Waals surface area (Å²) in [5.41, 5.74) is -0.246. The molecule has 1 heterocycles. The fourth-order valence-electron chi connectivity index (χ4n) is 2.12. The smallest absolute Gasteiger partial charge is 0.344 e. The molecule has 140 valence electrons. The Morgan fingerprint density at radius 2 is 2.00 bits per heavy atom. The van der Waals surface area contributed by atoms with E-state index in [2.05, 4.69) is 5.32 Å². The molecule has 1 aromatic carbocycles. The molecule has 0 fully saturated rings. The Kier molecular flexibility index (Phi) is 5.47. The summed E-state index contributed by atoms with van der Waals surface area (Å²) < 4.78 is 26.7. The highest BCUT2D eigenvalue weighted by Gasteiger charge is 2.32. The summed E-state index contributed by atoms with van der Waals surface area (Å²) in [6.07, 6.45) is 1.46. The van der Waals surface area contributed by atoms with Crippen LogP contribution in [0.1, 0.15) is 17.3 Å². The van der Waals surface area contributed by atoms with Crippen molar-refractivity contribution in [2.45, 2.75) is 18.1 Å². The minimum atomic E-state index is -4.49. The highest BCUT2D eigenvalue weighted by atomic mass is 32.2. The van der Waals surface area contributed by atoms with E-state index in [1.165, 1.54) is 38.4 Å². The minimum absolute atomic E-state index is 0.252. The van der Waals surface area contributed by atoms with Crippen molar-refractivity contribution in [3.8, 4) is 0 Å². The number of carbonyl (C=O) groups excluding carboxylic acids is 1. The van der Waals surface area contributed by atoms with Crippen LogP contribution >= 0.6 is 0 Å². The molecule has 0 saturated carbocycles. The van der Waals surface area contributed by atoms with Crippen LogP contribution in [0.15, 0.2) is 41.4 Å². The summed E-state index contributed by atoms with van der Waals surface area (Å²) in [6.45, 7) is 1.49. The first-order valence-electron chi connectivity index (χ1n) is 7.13. The van der Waals surface area contributed by atoms with Crippen LogP contribution < -0.4 is 10.0 Å². The van der Waals surface area contributed by atoms with E-state index >= 15 is 0 Å². The number of hydrogen-bond acceptors (Lipinski definition) is 7. The number of hydroxylamine groups is 3. The van der Waals surface area contributed by atoms with Gasteiger partial charge in [0, 0.05) is 19.2 Å². The lowest BCUT2D eigenvalue weighted by Crippen LogP contribution is -2.56. The van der Waals surface area contributed by atoms with E-state index in [1.54, 1.807) is 4.72 Å². The largest absolute Gasteiger partial charge is 0.621 e. The average molecular weight is 384 g/mol. The van der Waals surface area contributed by atoms with Crippen LogP contribution in [0.25, 0.3) is 0 Å². The lowest BCUT2D eigenvalue weighted by Gasteiger charge is -2.29. The molecule has 0 bridgehead atoms. The van der Waals surface area contributed by atoms with E-state index in [0.717, 1.165) is 17.2 Å². The highest BCUT2D eigenvalue weighted by Crippen LogP contribution is 2.15. The molecule has 0 radical (unpaired) electrons. The van der Waals surface area contributed by atoms with Crippen molar-refractivity contribution >= 4 is 27.7 Å². The van der Waals surface area contributed by atoms with E-state index in [4.69, 9.17) is 9.94 Å². The summed E-state index contributed by atoms with van der Waals surface area (Å²) in [5, 5.41) is 24.3. The second kappa shape index (κ2) is 7.41. The van der Waals surface area contributed by atoms with Gasteiger partial charge in [0.25, 0.3) is 10.0 Å². The van der Waals surface area contributed by atoms with Crippen molar-refractivity contribution in [3.63, 3.8) is 0 Å². The topological polar surface area (TPSA) is 151 Å². The van der Waals surface area contributed by atoms with Gasteiger partial charge >= 0.3 is 18.3 Å². The molecule has 11 nitrogen and oxygen atoms in total. The van der Waals surface area contributed by atoms with E-state index in [0.29, 0.717) is 4.74 Å². The molecule has 1 aliphatic rings. The summed E-state index contributed by atoms with van der Waals surface area (Å²) in [6, 6.07) is 3.56. The normalized spacial score (nSPS) is 17.2. The van der Waals surface area contributed by atoms with Gasteiger partial charge in [0.2, 0.25) is 0 Å². The van der Waals surface area contributed by atoms with Crippen molar-refractivity contribution in [1.29, 1.82) is 0 Å². The Morgan fingerprint density at radius 1 is 1.35 bits per heavy atom. The fourth-order valence-corrected chi connectivity index (χ4v) is 3.23. The number of sulfonamides is 1. The maximum Gasteiger partial charge on any atom is 0.344 e. The third kappa shape index (κ3) is 3.92. The Hall–Kier alpha value is -3.12. The van der Waals surface area contributed by atoms with Crippen LogP contribution in [0.4, 0.5) is 4.79 Å². The Bertz CT molecular complexity index is 894. The quantitative estimate of drug-likeness (QED) is 0.475. The lowest BCUT2D eigenvalue weighted by atomic mass is 10.2. The van der Waals surface area contributed by atoms with Gasteiger partial charge in [-0.1, -0.05) is 12.1 Å². The summed E-state index contributed by atoms with van der Waals surface area (Å²) in [5.74, 6) is -1.47. The molecular formula is C14H16N4O7S. The monoisotopic (exact) mass is 384 g/mol. The van der Waals surface area contributed by atoms with Gasteiger partial charge in [0.05, 0.1) is 12.7 Å². The maximum atomic E-state index is 12.3. The number of carboxylic acids is 1. The van der Waals surface area contributed by atoms with Gasteiger partial charge in [0.1, 0.15) is 4.90 Å². The van der Waals surface area contributed by atoms with Gasteiger partial charge < -0.3 is 10.3 Å². The molecule has 1 atom stereocenters. The third-order valence-corrected chi connectivity index (χ3v) is 4.77. The maximum absolute atomic E-state index is 12.3. The average Bonchev–Trinajstić information content (AvgIpc) is 2.58. The zero-order valence-corrected chi connectivity index (χ0v) is 14.6. The summed E-state index contributed by atoms with van der Waals surface area (Å²) in [4.78, 5) is 27.5. The number of nitrogens with zero attached hydrogens (tertiary/aromatic N) is 2. The van der Waals surface area contributed by atoms with Gasteiger partial charge in [-0.25, -0.2) is 22.7 Å². The second-order valence-electron chi connectivity index (χ2n) is 5.08. The van der Waals surface area contributed by atoms with E-state index in [-0.39, 0.29) is 5.71 Å². The summed E-state index contributed by atoms with van der Waals surface area (Å²) in [7, 11) is -3.23. The van der Waals surface area contributed by atoms with Crippen LogP contribution in [-0.4, -0.2) is 54.4 Å². The zero-order chi connectivity index (χ0) is 19.5. The number of nitrogens with one attached hydrogen (secondary N) is 2. The minimum Gasteiger partial charge on any atom is -0.621 e. The first-order valence-corrected chi connectivity index (χ1v) is 8.62. The number of hydrogen-bond donors (Lipinski definition) is 3. The van der Waals surface area contributed by atoms with Crippen LogP contribution in [0.2, 0.25) is 0 Å². The molecule has 26 heavy (non-hydrogen) atoms. The predicted molar refractivity (Wildman–Crippen MR) is 88.3 cm³/mol. The van der Waals surface area contributed by atoms with Crippen LogP contribution in [-0.2, 0) is 14.9 Å². The molecule has 0 aromatic heterocycles. The van der Waals surface area contributed by atoms with Gasteiger partial charge in [-0.05, 0) is 12.1 Å². The first-order chi connectivity index (χ1) is 12.2. The van der Waals surface area contributed by atoms with Crippen LogP contribution in [0.3, 0.4) is 0 Å². The number of benzene rings is 1. The van der Waals surface area contributed by atoms with E-state index < -0.39 is 38.8 Å². The lowest BCUT2D eigenvalue weighted by molar-refractivity contribution is -0.557. The first kappa shape index (κ1) is 19.2. The molecule has 0 saturated heterocycles. The Morgan fingerprint density at radius 3 is 2.62 bits per heavy atom. The second-order valence-corrected chi connectivity index (χ2v) is 6.73. The molecule has 0 aliphatic carbocycles. The number of rotatable bonds is 5. The van der Waals surface area contributed by atoms with Gasteiger partial charge in [-0.3, -0.25) is 10.2 Å². The fraction of sp³-hybridized carbons (Fsp3) is 0.214. The number of carboxylic acid groups (broad SMARTS) is 1. The SMILES string of the molecule is CON1C=CC(C)=[N+]([O-])C1NC(=O)NS(=O)(=O)c1ccccc1C(=O)O. The molecule has 3 N–H and O–H groups in total. The van der Waals surface area contributed by atoms with Gasteiger partial charge in [-0.2, -0.15) is 9.80 Å². The van der Waals surface area contributed by atoms with Crippen LogP contribution in [0, 0.1) is 5.21 Å². The molecule has 12 heteroatoms. The molecule has 2 amide bonds. The van der Waals surface area contributed by atoms with Gasteiger partial charge in [0.15, 0.2) is 5.71 Å². The summed E-state index contributed by atoms with van der Waals surface area (Å²) >= 11 is 0. The Labute approximate surface area is 148 Å². The zero-order valence-electron chi connectivity index (χ0n) is 13.7. The van der Waals surface area contributed by atoms with Crippen molar-refractivity contribution in [2.24, 2.45) is 0 Å². The Balaban J connectivity index is 2.22. The number of aromatic carboxylic acids is 1. The number of allylic oxidation sites excluding steroid dienone is 1. The van der Waals surface area contributed by atoms with Crippen molar-refractivity contribution < 1.29 is 32.7 Å². The molecular weight excluding hydrogens is 368 g/mol. The van der Waals surface area contributed by atoms with Crippen LogP contribution in [0.5, 0.6) is 0 Å². The molecule has 1 aromatic rings. The molecule has 0 spiro atoms. The molecule has 1 unspecified atom stereocenters. The van der Waals surface area contributed by atoms with Gasteiger partial charge in [-0.15, -0.1) is 0 Å². The molecule has 1 aliphatic heterocycles. The number of urea groups is 1. The third-order valence-electron chi connectivity index (χ3n) is 3.38.